The second kappa shape index (κ2) is 5.21. The zero-order valence-corrected chi connectivity index (χ0v) is 9.46. The van der Waals surface area contributed by atoms with Crippen LogP contribution in [0.3, 0.4) is 0 Å². The lowest BCUT2D eigenvalue weighted by atomic mass is 10.2. The molecule has 0 spiro atoms. The van der Waals surface area contributed by atoms with E-state index in [0.717, 1.165) is 5.56 Å². The van der Waals surface area contributed by atoms with Crippen molar-refractivity contribution in [1.82, 2.24) is 9.97 Å². The van der Waals surface area contributed by atoms with E-state index in [-0.39, 0.29) is 0 Å². The van der Waals surface area contributed by atoms with Gasteiger partial charge in [0.25, 0.3) is 0 Å². The third-order valence-corrected chi connectivity index (χ3v) is 2.19. The van der Waals surface area contributed by atoms with Crippen molar-refractivity contribution >= 4 is 5.97 Å². The molecule has 0 amide bonds. The van der Waals surface area contributed by atoms with E-state index in [1.807, 2.05) is 30.3 Å². The SMILES string of the molecule is CCOC(=O)c1cnc(-c2ccccc2)nc1. The Balaban J connectivity index is 2.22. The van der Waals surface area contributed by atoms with E-state index in [1.165, 1.54) is 12.4 Å². The molecule has 1 heterocycles. The van der Waals surface area contributed by atoms with E-state index >= 15 is 0 Å². The first-order chi connectivity index (χ1) is 8.31. The van der Waals surface area contributed by atoms with Crippen molar-refractivity contribution in [3.05, 3.63) is 48.3 Å². The van der Waals surface area contributed by atoms with Crippen LogP contribution in [0.2, 0.25) is 0 Å². The molecule has 0 unspecified atom stereocenters. The number of benzene rings is 1. The highest BCUT2D eigenvalue weighted by Gasteiger charge is 2.08. The highest BCUT2D eigenvalue weighted by Crippen LogP contribution is 2.13. The minimum atomic E-state index is -0.396. The Kier molecular flexibility index (Phi) is 3.45. The van der Waals surface area contributed by atoms with Gasteiger partial charge in [-0.05, 0) is 6.92 Å². The Labute approximate surface area is 99.3 Å². The summed E-state index contributed by atoms with van der Waals surface area (Å²) in [5, 5.41) is 0. The average molecular weight is 228 g/mol. The molecule has 1 aromatic heterocycles. The van der Waals surface area contributed by atoms with E-state index < -0.39 is 5.97 Å². The lowest BCUT2D eigenvalue weighted by Crippen LogP contribution is -2.06. The third kappa shape index (κ3) is 2.66. The standard InChI is InChI=1S/C13H12N2O2/c1-2-17-13(16)11-8-14-12(15-9-11)10-6-4-3-5-7-10/h3-9H,2H2,1H3. The van der Waals surface area contributed by atoms with Gasteiger partial charge in [-0.15, -0.1) is 0 Å². The molecule has 0 atom stereocenters. The monoisotopic (exact) mass is 228 g/mol. The molecule has 0 N–H and O–H groups in total. The molecule has 0 aliphatic rings. The maximum Gasteiger partial charge on any atom is 0.341 e. The van der Waals surface area contributed by atoms with Crippen molar-refractivity contribution in [3.63, 3.8) is 0 Å². The van der Waals surface area contributed by atoms with Crippen LogP contribution in [0, 0.1) is 0 Å². The average Bonchev–Trinajstić information content (AvgIpc) is 2.40. The van der Waals surface area contributed by atoms with Gasteiger partial charge in [-0.2, -0.15) is 0 Å². The molecular formula is C13H12N2O2. The van der Waals surface area contributed by atoms with E-state index in [0.29, 0.717) is 18.0 Å². The first kappa shape index (κ1) is 11.3. The van der Waals surface area contributed by atoms with E-state index in [9.17, 15) is 4.79 Å². The van der Waals surface area contributed by atoms with Gasteiger partial charge in [0.05, 0.1) is 12.2 Å². The second-order valence-electron chi connectivity index (χ2n) is 3.38. The first-order valence-corrected chi connectivity index (χ1v) is 5.36. The van der Waals surface area contributed by atoms with Crippen LogP contribution < -0.4 is 0 Å². The van der Waals surface area contributed by atoms with Crippen LogP contribution in [0.1, 0.15) is 17.3 Å². The number of carbonyl (C=O) groups excluding carboxylic acids is 1. The van der Waals surface area contributed by atoms with Gasteiger partial charge in [0.15, 0.2) is 5.82 Å². The fraction of sp³-hybridized carbons (Fsp3) is 0.154. The van der Waals surface area contributed by atoms with Crippen LogP contribution >= 0.6 is 0 Å². The van der Waals surface area contributed by atoms with Gasteiger partial charge < -0.3 is 4.74 Å². The second-order valence-corrected chi connectivity index (χ2v) is 3.38. The highest BCUT2D eigenvalue weighted by atomic mass is 16.5. The molecule has 17 heavy (non-hydrogen) atoms. The molecule has 86 valence electrons. The molecule has 0 radical (unpaired) electrons. The summed E-state index contributed by atoms with van der Waals surface area (Å²) >= 11 is 0. The van der Waals surface area contributed by atoms with Crippen molar-refractivity contribution in [2.24, 2.45) is 0 Å². The van der Waals surface area contributed by atoms with Crippen molar-refractivity contribution in [2.45, 2.75) is 6.92 Å². The van der Waals surface area contributed by atoms with Gasteiger partial charge in [0.2, 0.25) is 0 Å². The number of rotatable bonds is 3. The predicted octanol–water partition coefficient (Wildman–Crippen LogP) is 2.32. The molecule has 0 saturated carbocycles. The van der Waals surface area contributed by atoms with E-state index in [4.69, 9.17) is 4.74 Å². The highest BCUT2D eigenvalue weighted by molar-refractivity contribution is 5.88. The zero-order chi connectivity index (χ0) is 12.1. The van der Waals surface area contributed by atoms with Crippen molar-refractivity contribution in [2.75, 3.05) is 6.61 Å². The molecule has 0 aliphatic carbocycles. The lowest BCUT2D eigenvalue weighted by Gasteiger charge is -2.02. The number of hydrogen-bond acceptors (Lipinski definition) is 4. The summed E-state index contributed by atoms with van der Waals surface area (Å²) in [6.07, 6.45) is 2.96. The zero-order valence-electron chi connectivity index (χ0n) is 9.46. The number of carbonyl (C=O) groups is 1. The number of hydrogen-bond donors (Lipinski definition) is 0. The molecular weight excluding hydrogens is 216 g/mol. The maximum atomic E-state index is 11.4. The molecule has 1 aromatic carbocycles. The van der Waals surface area contributed by atoms with Crippen LogP contribution in [-0.2, 0) is 4.74 Å². The van der Waals surface area contributed by atoms with E-state index in [1.54, 1.807) is 6.92 Å². The van der Waals surface area contributed by atoms with Gasteiger partial charge in [0, 0.05) is 18.0 Å². The van der Waals surface area contributed by atoms with Gasteiger partial charge >= 0.3 is 5.97 Å². The lowest BCUT2D eigenvalue weighted by molar-refractivity contribution is 0.0525. The van der Waals surface area contributed by atoms with Gasteiger partial charge in [-0.1, -0.05) is 30.3 Å². The van der Waals surface area contributed by atoms with Gasteiger partial charge in [-0.25, -0.2) is 14.8 Å². The third-order valence-electron chi connectivity index (χ3n) is 2.19. The Hall–Kier alpha value is -2.23. The van der Waals surface area contributed by atoms with Crippen LogP contribution in [0.5, 0.6) is 0 Å². The van der Waals surface area contributed by atoms with Gasteiger partial charge in [-0.3, -0.25) is 0 Å². The summed E-state index contributed by atoms with van der Waals surface area (Å²) in [6.45, 7) is 2.11. The normalized spacial score (nSPS) is 9.94. The Bertz CT molecular complexity index is 495. The fourth-order valence-corrected chi connectivity index (χ4v) is 1.38. The van der Waals surface area contributed by atoms with Crippen LogP contribution in [0.4, 0.5) is 0 Å². The Morgan fingerprint density at radius 1 is 1.18 bits per heavy atom. The minimum Gasteiger partial charge on any atom is -0.462 e. The van der Waals surface area contributed by atoms with Crippen molar-refractivity contribution in [1.29, 1.82) is 0 Å². The molecule has 2 aromatic rings. The van der Waals surface area contributed by atoms with Crippen molar-refractivity contribution < 1.29 is 9.53 Å². The topological polar surface area (TPSA) is 52.1 Å². The van der Waals surface area contributed by atoms with Crippen LogP contribution in [0.15, 0.2) is 42.7 Å². The summed E-state index contributed by atoms with van der Waals surface area (Å²) in [5.74, 6) is 0.200. The Morgan fingerprint density at radius 3 is 2.41 bits per heavy atom. The summed E-state index contributed by atoms with van der Waals surface area (Å²) < 4.78 is 4.85. The molecule has 0 bridgehead atoms. The molecule has 4 nitrogen and oxygen atoms in total. The summed E-state index contributed by atoms with van der Waals surface area (Å²) in [4.78, 5) is 19.7. The largest absolute Gasteiger partial charge is 0.462 e. The van der Waals surface area contributed by atoms with Gasteiger partial charge in [0.1, 0.15) is 0 Å². The van der Waals surface area contributed by atoms with E-state index in [2.05, 4.69) is 9.97 Å². The van der Waals surface area contributed by atoms with Crippen LogP contribution in [0.25, 0.3) is 11.4 Å². The molecule has 4 heteroatoms. The van der Waals surface area contributed by atoms with Crippen molar-refractivity contribution in [3.8, 4) is 11.4 Å². The number of nitrogens with zero attached hydrogens (tertiary/aromatic N) is 2. The predicted molar refractivity (Wildman–Crippen MR) is 63.4 cm³/mol. The maximum absolute atomic E-state index is 11.4. The minimum absolute atomic E-state index is 0.346. The van der Waals surface area contributed by atoms with Crippen LogP contribution in [-0.4, -0.2) is 22.5 Å². The molecule has 0 aliphatic heterocycles. The number of ether oxygens (including phenoxy) is 1. The first-order valence-electron chi connectivity index (χ1n) is 5.36. The number of aromatic nitrogens is 2. The quantitative estimate of drug-likeness (QED) is 0.756. The molecule has 0 saturated heterocycles. The Morgan fingerprint density at radius 2 is 1.82 bits per heavy atom. The molecule has 2 rings (SSSR count). The smallest absolute Gasteiger partial charge is 0.341 e. The summed E-state index contributed by atoms with van der Waals surface area (Å²) in [6, 6.07) is 9.59. The molecule has 0 fully saturated rings. The summed E-state index contributed by atoms with van der Waals surface area (Å²) in [7, 11) is 0. The fourth-order valence-electron chi connectivity index (χ4n) is 1.38. The number of esters is 1. The summed E-state index contributed by atoms with van der Waals surface area (Å²) in [5.41, 5.74) is 1.29.